The lowest BCUT2D eigenvalue weighted by atomic mass is 10.0. The van der Waals surface area contributed by atoms with E-state index in [1.165, 1.54) is 0 Å². The average Bonchev–Trinajstić information content (AvgIpc) is 2.40. The van der Waals surface area contributed by atoms with E-state index in [1.54, 1.807) is 7.11 Å². The van der Waals surface area contributed by atoms with Gasteiger partial charge in [0.05, 0.1) is 23.2 Å². The fourth-order valence-electron chi connectivity index (χ4n) is 2.27. The maximum atomic E-state index is 10.1. The van der Waals surface area contributed by atoms with Crippen LogP contribution in [-0.2, 0) is 14.2 Å². The summed E-state index contributed by atoms with van der Waals surface area (Å²) in [4.78, 5) is 2.17. The Kier molecular flexibility index (Phi) is 5.61. The van der Waals surface area contributed by atoms with Crippen molar-refractivity contribution in [1.29, 1.82) is 0 Å². The molecule has 0 amide bonds. The van der Waals surface area contributed by atoms with Crippen molar-refractivity contribution in [3.05, 3.63) is 0 Å². The first-order valence-corrected chi connectivity index (χ1v) is 7.36. The highest BCUT2D eigenvalue weighted by Gasteiger charge is 2.43. The zero-order valence-corrected chi connectivity index (χ0v) is 12.5. The molecule has 6 nitrogen and oxygen atoms in total. The second kappa shape index (κ2) is 6.78. The molecule has 2 aliphatic heterocycles. The van der Waals surface area contributed by atoms with E-state index in [1.807, 2.05) is 22.6 Å². The minimum absolute atomic E-state index is 0.261. The van der Waals surface area contributed by atoms with Gasteiger partial charge in [-0.3, -0.25) is 4.90 Å². The molecule has 5 atom stereocenters. The number of aliphatic hydroxyl groups is 2. The van der Waals surface area contributed by atoms with Gasteiger partial charge < -0.3 is 24.4 Å². The molecule has 2 N–H and O–H groups in total. The number of aliphatic hydroxyl groups excluding tert-OH is 2. The topological polar surface area (TPSA) is 71.4 Å². The summed E-state index contributed by atoms with van der Waals surface area (Å²) < 4.78 is 15.9. The van der Waals surface area contributed by atoms with Crippen LogP contribution in [0.2, 0.25) is 0 Å². The highest BCUT2D eigenvalue weighted by molar-refractivity contribution is 14.1. The number of methoxy groups -OCH3 is 1. The first-order chi connectivity index (χ1) is 8.63. The van der Waals surface area contributed by atoms with Crippen LogP contribution >= 0.6 is 22.6 Å². The fraction of sp³-hybridized carbons (Fsp3) is 1.00. The van der Waals surface area contributed by atoms with Crippen LogP contribution in [0.25, 0.3) is 0 Å². The number of alkyl halides is 1. The molecule has 0 saturated carbocycles. The largest absolute Gasteiger partial charge is 0.389 e. The molecule has 2 aliphatic rings. The maximum absolute atomic E-state index is 10.1. The molecular weight excluding hydrogens is 353 g/mol. The molecule has 0 aliphatic carbocycles. The SMILES string of the molecule is COC1OC(CN2CCOCC2)C(O)C(O)C1I. The average molecular weight is 373 g/mol. The van der Waals surface area contributed by atoms with E-state index in [0.29, 0.717) is 19.8 Å². The molecule has 7 heteroatoms. The molecule has 2 rings (SSSR count). The van der Waals surface area contributed by atoms with Crippen LogP contribution in [-0.4, -0.2) is 83.6 Å². The van der Waals surface area contributed by atoms with Gasteiger partial charge in [0.1, 0.15) is 12.2 Å². The predicted molar refractivity (Wildman–Crippen MR) is 72.8 cm³/mol. The smallest absolute Gasteiger partial charge is 0.172 e. The van der Waals surface area contributed by atoms with Crippen LogP contribution in [0, 0.1) is 0 Å². The summed E-state index contributed by atoms with van der Waals surface area (Å²) in [6, 6.07) is 0. The van der Waals surface area contributed by atoms with Crippen LogP contribution in [0.4, 0.5) is 0 Å². The Morgan fingerprint density at radius 2 is 1.94 bits per heavy atom. The normalized spacial score (nSPS) is 43.0. The maximum Gasteiger partial charge on any atom is 0.172 e. The Hall–Kier alpha value is 0.490. The van der Waals surface area contributed by atoms with Crippen molar-refractivity contribution >= 4 is 22.6 Å². The van der Waals surface area contributed by atoms with Gasteiger partial charge in [0, 0.05) is 26.7 Å². The van der Waals surface area contributed by atoms with Gasteiger partial charge in [-0.25, -0.2) is 0 Å². The highest BCUT2D eigenvalue weighted by atomic mass is 127. The van der Waals surface area contributed by atoms with Crippen molar-refractivity contribution in [1.82, 2.24) is 4.90 Å². The molecule has 0 radical (unpaired) electrons. The van der Waals surface area contributed by atoms with Gasteiger partial charge in [-0.2, -0.15) is 0 Å². The Morgan fingerprint density at radius 1 is 1.28 bits per heavy atom. The highest BCUT2D eigenvalue weighted by Crippen LogP contribution is 2.27. The Labute approximate surface area is 120 Å². The molecule has 0 aromatic rings. The molecule has 106 valence electrons. The van der Waals surface area contributed by atoms with E-state index < -0.39 is 24.6 Å². The third-order valence-electron chi connectivity index (χ3n) is 3.40. The second-order valence-corrected chi connectivity index (χ2v) is 6.06. The molecule has 2 saturated heterocycles. The number of rotatable bonds is 3. The predicted octanol–water partition coefficient (Wildman–Crippen LogP) is -0.785. The van der Waals surface area contributed by atoms with Crippen LogP contribution in [0.1, 0.15) is 0 Å². The van der Waals surface area contributed by atoms with Crippen molar-refractivity contribution in [3.8, 4) is 0 Å². The number of hydrogen-bond acceptors (Lipinski definition) is 6. The first kappa shape index (κ1) is 14.9. The van der Waals surface area contributed by atoms with E-state index >= 15 is 0 Å². The van der Waals surface area contributed by atoms with Gasteiger partial charge in [-0.1, -0.05) is 22.6 Å². The molecule has 5 unspecified atom stereocenters. The quantitative estimate of drug-likeness (QED) is 0.500. The number of morpholine rings is 1. The van der Waals surface area contributed by atoms with Gasteiger partial charge in [0.25, 0.3) is 0 Å². The monoisotopic (exact) mass is 373 g/mol. The van der Waals surface area contributed by atoms with Crippen molar-refractivity contribution in [3.63, 3.8) is 0 Å². The Balaban J connectivity index is 1.93. The lowest BCUT2D eigenvalue weighted by Gasteiger charge is -2.42. The summed E-state index contributed by atoms with van der Waals surface area (Å²) in [6.45, 7) is 3.65. The lowest BCUT2D eigenvalue weighted by molar-refractivity contribution is -0.238. The van der Waals surface area contributed by atoms with Gasteiger partial charge in [-0.05, 0) is 0 Å². The standard InChI is InChI=1S/C11H20INO5/c1-16-11-8(12)10(15)9(14)7(18-11)6-13-2-4-17-5-3-13/h7-11,14-15H,2-6H2,1H3. The van der Waals surface area contributed by atoms with E-state index in [-0.39, 0.29) is 3.92 Å². The van der Waals surface area contributed by atoms with Gasteiger partial charge in [0.2, 0.25) is 0 Å². The van der Waals surface area contributed by atoms with E-state index in [0.717, 1.165) is 13.1 Å². The second-order valence-electron chi connectivity index (χ2n) is 4.62. The van der Waals surface area contributed by atoms with E-state index in [4.69, 9.17) is 14.2 Å². The minimum Gasteiger partial charge on any atom is -0.389 e. The van der Waals surface area contributed by atoms with Gasteiger partial charge >= 0.3 is 0 Å². The summed E-state index contributed by atoms with van der Waals surface area (Å²) >= 11 is 2.05. The zero-order chi connectivity index (χ0) is 13.1. The summed E-state index contributed by atoms with van der Waals surface area (Å²) in [6.07, 6.45) is -2.60. The molecule has 0 bridgehead atoms. The summed E-state index contributed by atoms with van der Waals surface area (Å²) in [7, 11) is 1.55. The third kappa shape index (κ3) is 3.33. The van der Waals surface area contributed by atoms with Crippen molar-refractivity contribution in [2.75, 3.05) is 40.0 Å². The van der Waals surface area contributed by atoms with Crippen LogP contribution in [0.3, 0.4) is 0 Å². The summed E-state index contributed by atoms with van der Waals surface area (Å²) in [5.41, 5.74) is 0. The Bertz CT molecular complexity index is 262. The number of nitrogens with zero attached hydrogens (tertiary/aromatic N) is 1. The molecule has 0 aromatic carbocycles. The summed E-state index contributed by atoms with van der Waals surface area (Å²) in [5.74, 6) is 0. The zero-order valence-electron chi connectivity index (χ0n) is 10.4. The molecule has 0 spiro atoms. The van der Waals surface area contributed by atoms with Crippen molar-refractivity contribution in [2.24, 2.45) is 0 Å². The van der Waals surface area contributed by atoms with Gasteiger partial charge in [0.15, 0.2) is 6.29 Å². The third-order valence-corrected chi connectivity index (χ3v) is 4.72. The Morgan fingerprint density at radius 3 is 2.56 bits per heavy atom. The van der Waals surface area contributed by atoms with Crippen molar-refractivity contribution < 1.29 is 24.4 Å². The number of ether oxygens (including phenoxy) is 3. The number of hydrogen-bond donors (Lipinski definition) is 2. The molecule has 0 aromatic heterocycles. The minimum atomic E-state index is -0.874. The van der Waals surface area contributed by atoms with E-state index in [9.17, 15) is 10.2 Å². The van der Waals surface area contributed by atoms with Crippen LogP contribution in [0.5, 0.6) is 0 Å². The van der Waals surface area contributed by atoms with Crippen LogP contribution in [0.15, 0.2) is 0 Å². The molecule has 18 heavy (non-hydrogen) atoms. The summed E-state index contributed by atoms with van der Waals surface area (Å²) in [5, 5.41) is 20.0. The van der Waals surface area contributed by atoms with E-state index in [2.05, 4.69) is 4.90 Å². The van der Waals surface area contributed by atoms with Crippen molar-refractivity contribution in [2.45, 2.75) is 28.5 Å². The van der Waals surface area contributed by atoms with Gasteiger partial charge in [-0.15, -0.1) is 0 Å². The molecule has 2 heterocycles. The fourth-order valence-corrected chi connectivity index (χ4v) is 3.16. The molecule has 2 fully saturated rings. The molecular formula is C11H20INO5. The number of halogens is 1. The van der Waals surface area contributed by atoms with Crippen LogP contribution < -0.4 is 0 Å². The lowest BCUT2D eigenvalue weighted by Crippen LogP contribution is -2.59. The first-order valence-electron chi connectivity index (χ1n) is 6.12.